The van der Waals surface area contributed by atoms with Gasteiger partial charge in [-0.3, -0.25) is 14.4 Å². The highest BCUT2D eigenvalue weighted by Crippen LogP contribution is 2.35. The Kier molecular flexibility index (Phi) is 4.73. The van der Waals surface area contributed by atoms with Crippen molar-refractivity contribution in [3.8, 4) is 0 Å². The lowest BCUT2D eigenvalue weighted by molar-refractivity contribution is -0.140. The van der Waals surface area contributed by atoms with Crippen LogP contribution in [0.4, 0.5) is 0 Å². The van der Waals surface area contributed by atoms with Crippen LogP contribution >= 0.6 is 0 Å². The van der Waals surface area contributed by atoms with Crippen molar-refractivity contribution >= 4 is 17.7 Å². The predicted octanol–water partition coefficient (Wildman–Crippen LogP) is 2.16. The lowest BCUT2D eigenvalue weighted by atomic mass is 9.74. The second-order valence-corrected chi connectivity index (χ2v) is 5.54. The van der Waals surface area contributed by atoms with Crippen molar-refractivity contribution in [1.82, 2.24) is 5.32 Å². The summed E-state index contributed by atoms with van der Waals surface area (Å²) in [5.41, 5.74) is -0.00666. The molecule has 1 fully saturated rings. The van der Waals surface area contributed by atoms with Gasteiger partial charge in [-0.15, -0.1) is 0 Å². The van der Waals surface area contributed by atoms with E-state index < -0.39 is 11.5 Å². The van der Waals surface area contributed by atoms with Gasteiger partial charge in [0.2, 0.25) is 5.91 Å². The van der Waals surface area contributed by atoms with Crippen LogP contribution < -0.4 is 5.32 Å². The topological polar surface area (TPSA) is 83.5 Å². The van der Waals surface area contributed by atoms with Gasteiger partial charge in [0.05, 0.1) is 12.0 Å². The molecule has 5 heteroatoms. The van der Waals surface area contributed by atoms with Gasteiger partial charge < -0.3 is 10.4 Å². The van der Waals surface area contributed by atoms with Crippen molar-refractivity contribution in [3.05, 3.63) is 35.9 Å². The van der Waals surface area contributed by atoms with Gasteiger partial charge in [0.15, 0.2) is 5.78 Å². The largest absolute Gasteiger partial charge is 0.481 e. The zero-order chi connectivity index (χ0) is 15.3. The molecule has 0 heterocycles. The molecule has 0 aromatic heterocycles. The first-order valence-electron chi connectivity index (χ1n) is 7.12. The minimum absolute atomic E-state index is 0.0502. The molecule has 0 atom stereocenters. The number of carbonyl (C=O) groups excluding carboxylic acids is 2. The second-order valence-electron chi connectivity index (χ2n) is 5.54. The summed E-state index contributed by atoms with van der Waals surface area (Å²) in [5.74, 6) is -1.23. The number of ketones is 1. The predicted molar refractivity (Wildman–Crippen MR) is 77.0 cm³/mol. The SMILES string of the molecule is O=C(O)CC1(NC(=O)CCC(=O)c2ccccc2)CCC1. The molecular weight excluding hydrogens is 270 g/mol. The molecule has 112 valence electrons. The van der Waals surface area contributed by atoms with E-state index in [4.69, 9.17) is 5.11 Å². The number of Topliss-reactive ketones (excluding diaryl/α,β-unsaturated/α-hetero) is 1. The number of carboxylic acids is 1. The van der Waals surface area contributed by atoms with Crippen LogP contribution in [-0.4, -0.2) is 28.3 Å². The first-order valence-corrected chi connectivity index (χ1v) is 7.12. The number of carbonyl (C=O) groups is 3. The summed E-state index contributed by atoms with van der Waals surface area (Å²) in [7, 11) is 0. The smallest absolute Gasteiger partial charge is 0.305 e. The Morgan fingerprint density at radius 2 is 1.76 bits per heavy atom. The number of benzene rings is 1. The van der Waals surface area contributed by atoms with E-state index in [2.05, 4.69) is 5.32 Å². The maximum Gasteiger partial charge on any atom is 0.305 e. The first-order chi connectivity index (χ1) is 10.0. The monoisotopic (exact) mass is 289 g/mol. The molecule has 1 aliphatic carbocycles. The van der Waals surface area contributed by atoms with E-state index in [1.54, 1.807) is 24.3 Å². The summed E-state index contributed by atoms with van der Waals surface area (Å²) >= 11 is 0. The normalized spacial score (nSPS) is 15.8. The average molecular weight is 289 g/mol. The van der Waals surface area contributed by atoms with E-state index >= 15 is 0 Å². The van der Waals surface area contributed by atoms with Crippen LogP contribution in [0.2, 0.25) is 0 Å². The van der Waals surface area contributed by atoms with Crippen LogP contribution in [-0.2, 0) is 9.59 Å². The molecule has 0 bridgehead atoms. The molecule has 5 nitrogen and oxygen atoms in total. The van der Waals surface area contributed by atoms with Crippen LogP contribution in [0, 0.1) is 0 Å². The van der Waals surface area contributed by atoms with E-state index in [0.29, 0.717) is 18.4 Å². The number of hydrogen-bond acceptors (Lipinski definition) is 3. The molecule has 1 aliphatic rings. The van der Waals surface area contributed by atoms with Crippen molar-refractivity contribution in [1.29, 1.82) is 0 Å². The number of aliphatic carboxylic acids is 1. The summed E-state index contributed by atoms with van der Waals surface area (Å²) < 4.78 is 0. The highest BCUT2D eigenvalue weighted by atomic mass is 16.4. The molecule has 1 aromatic rings. The lowest BCUT2D eigenvalue weighted by Gasteiger charge is -2.41. The van der Waals surface area contributed by atoms with E-state index in [-0.39, 0.29) is 31.0 Å². The Bertz CT molecular complexity index is 534. The van der Waals surface area contributed by atoms with Gasteiger partial charge in [0, 0.05) is 18.4 Å². The highest BCUT2D eigenvalue weighted by molar-refractivity contribution is 5.98. The van der Waals surface area contributed by atoms with Gasteiger partial charge in [0.25, 0.3) is 0 Å². The van der Waals surface area contributed by atoms with E-state index in [0.717, 1.165) is 6.42 Å². The van der Waals surface area contributed by atoms with E-state index in [9.17, 15) is 14.4 Å². The molecule has 0 spiro atoms. The van der Waals surface area contributed by atoms with Gasteiger partial charge >= 0.3 is 5.97 Å². The van der Waals surface area contributed by atoms with Gasteiger partial charge in [-0.05, 0) is 19.3 Å². The van der Waals surface area contributed by atoms with Crippen molar-refractivity contribution in [2.24, 2.45) is 0 Å². The van der Waals surface area contributed by atoms with Gasteiger partial charge in [-0.1, -0.05) is 30.3 Å². The molecule has 0 unspecified atom stereocenters. The van der Waals surface area contributed by atoms with Crippen LogP contribution in [0.1, 0.15) is 48.9 Å². The van der Waals surface area contributed by atoms with Crippen LogP contribution in [0.5, 0.6) is 0 Å². The van der Waals surface area contributed by atoms with Crippen LogP contribution in [0.25, 0.3) is 0 Å². The van der Waals surface area contributed by atoms with Gasteiger partial charge in [0.1, 0.15) is 0 Å². The fourth-order valence-corrected chi connectivity index (χ4v) is 2.59. The summed E-state index contributed by atoms with van der Waals surface area (Å²) in [6.07, 6.45) is 2.49. The third kappa shape index (κ3) is 4.15. The molecular formula is C16H19NO4. The molecule has 21 heavy (non-hydrogen) atoms. The molecule has 0 aliphatic heterocycles. The molecule has 1 amide bonds. The highest BCUT2D eigenvalue weighted by Gasteiger charge is 2.40. The quantitative estimate of drug-likeness (QED) is 0.753. The average Bonchev–Trinajstić information content (AvgIpc) is 2.43. The molecule has 0 radical (unpaired) electrons. The molecule has 1 saturated carbocycles. The zero-order valence-corrected chi connectivity index (χ0v) is 11.8. The summed E-state index contributed by atoms with van der Waals surface area (Å²) in [5, 5.41) is 11.7. The van der Waals surface area contributed by atoms with Crippen molar-refractivity contribution in [2.45, 2.75) is 44.1 Å². The van der Waals surface area contributed by atoms with Gasteiger partial charge in [-0.25, -0.2) is 0 Å². The van der Waals surface area contributed by atoms with Crippen LogP contribution in [0.15, 0.2) is 30.3 Å². The Labute approximate surface area is 123 Å². The second kappa shape index (κ2) is 6.52. The van der Waals surface area contributed by atoms with Crippen LogP contribution in [0.3, 0.4) is 0 Å². The molecule has 2 N–H and O–H groups in total. The fraction of sp³-hybridized carbons (Fsp3) is 0.438. The van der Waals surface area contributed by atoms with E-state index in [1.807, 2.05) is 6.07 Å². The zero-order valence-electron chi connectivity index (χ0n) is 11.8. The Hall–Kier alpha value is -2.17. The number of nitrogens with one attached hydrogen (secondary N) is 1. The number of rotatable bonds is 7. The maximum absolute atomic E-state index is 11.9. The minimum atomic E-state index is -0.907. The third-order valence-corrected chi connectivity index (χ3v) is 3.88. The van der Waals surface area contributed by atoms with Crippen molar-refractivity contribution < 1.29 is 19.5 Å². The Morgan fingerprint density at radius 3 is 2.29 bits per heavy atom. The van der Waals surface area contributed by atoms with Crippen molar-refractivity contribution in [3.63, 3.8) is 0 Å². The molecule has 2 rings (SSSR count). The molecule has 1 aromatic carbocycles. The maximum atomic E-state index is 11.9. The Morgan fingerprint density at radius 1 is 1.10 bits per heavy atom. The summed E-state index contributed by atoms with van der Waals surface area (Å²) in [6.45, 7) is 0. The van der Waals surface area contributed by atoms with Crippen molar-refractivity contribution in [2.75, 3.05) is 0 Å². The summed E-state index contributed by atoms with van der Waals surface area (Å²) in [4.78, 5) is 34.6. The van der Waals surface area contributed by atoms with E-state index in [1.165, 1.54) is 0 Å². The minimum Gasteiger partial charge on any atom is -0.481 e. The Balaban J connectivity index is 1.82. The lowest BCUT2D eigenvalue weighted by Crippen LogP contribution is -2.54. The summed E-state index contributed by atoms with van der Waals surface area (Å²) in [6, 6.07) is 8.83. The third-order valence-electron chi connectivity index (χ3n) is 3.88. The number of carboxylic acid groups (broad SMARTS) is 1. The van der Waals surface area contributed by atoms with Gasteiger partial charge in [-0.2, -0.15) is 0 Å². The number of hydrogen-bond donors (Lipinski definition) is 2. The first kappa shape index (κ1) is 15.2. The standard InChI is InChI=1S/C16H19NO4/c18-13(12-5-2-1-3-6-12)7-8-14(19)17-16(9-4-10-16)11-15(20)21/h1-3,5-6H,4,7-11H2,(H,17,19)(H,20,21). The fourth-order valence-electron chi connectivity index (χ4n) is 2.59. The number of amides is 1. The molecule has 0 saturated heterocycles.